The average molecular weight is 689 g/mol. The molecule has 0 aliphatic heterocycles. The smallest absolute Gasteiger partial charge is 0.227 e. The monoisotopic (exact) mass is 688 g/mol. The van der Waals surface area contributed by atoms with Gasteiger partial charge in [0.2, 0.25) is 11.8 Å². The van der Waals surface area contributed by atoms with Crippen LogP contribution in [-0.2, 0) is 12.8 Å². The molecule has 0 amide bonds. The van der Waals surface area contributed by atoms with Crippen molar-refractivity contribution in [1.82, 2.24) is 9.97 Å². The maximum absolute atomic E-state index is 6.79. The van der Waals surface area contributed by atoms with Crippen LogP contribution in [0.4, 0.5) is 0 Å². The Labute approximate surface area is 309 Å². The Bertz CT molecular complexity index is 1930. The minimum atomic E-state index is 0.591. The molecule has 2 heterocycles. The SMILES string of the molecule is CCCCCCCCc1ccc(-c2c3nc(-c4ccccc4)oc3c(-c3ccc(CCCCCCCC)cc3)c3nc(-c4ccccc4)oc23)cc1. The maximum Gasteiger partial charge on any atom is 0.227 e. The molecule has 0 fully saturated rings. The minimum Gasteiger partial charge on any atom is -0.435 e. The summed E-state index contributed by atoms with van der Waals surface area (Å²) in [5, 5.41) is 0. The van der Waals surface area contributed by atoms with Crippen LogP contribution in [-0.4, -0.2) is 9.97 Å². The summed E-state index contributed by atoms with van der Waals surface area (Å²) in [5.41, 5.74) is 11.6. The van der Waals surface area contributed by atoms with Crippen LogP contribution < -0.4 is 0 Å². The third-order valence-electron chi connectivity index (χ3n) is 10.3. The minimum absolute atomic E-state index is 0.591. The summed E-state index contributed by atoms with van der Waals surface area (Å²) in [7, 11) is 0. The van der Waals surface area contributed by atoms with E-state index in [1.54, 1.807) is 0 Å². The highest BCUT2D eigenvalue weighted by Crippen LogP contribution is 2.46. The van der Waals surface area contributed by atoms with Gasteiger partial charge in [-0.25, -0.2) is 9.97 Å². The molecule has 4 nitrogen and oxygen atoms in total. The molecule has 0 N–H and O–H groups in total. The Morgan fingerprint density at radius 3 is 1.13 bits per heavy atom. The van der Waals surface area contributed by atoms with Crippen molar-refractivity contribution in [2.45, 2.75) is 104 Å². The molecule has 0 atom stereocenters. The Morgan fingerprint density at radius 1 is 0.385 bits per heavy atom. The zero-order valence-electron chi connectivity index (χ0n) is 31.0. The molecule has 4 heteroatoms. The van der Waals surface area contributed by atoms with Crippen LogP contribution in [0, 0.1) is 0 Å². The van der Waals surface area contributed by atoms with Gasteiger partial charge in [-0.3, -0.25) is 0 Å². The van der Waals surface area contributed by atoms with E-state index in [9.17, 15) is 0 Å². The molecule has 0 saturated carbocycles. The zero-order chi connectivity index (χ0) is 35.5. The first-order valence-corrected chi connectivity index (χ1v) is 19.8. The lowest BCUT2D eigenvalue weighted by molar-refractivity contribution is 0.607. The van der Waals surface area contributed by atoms with Crippen molar-refractivity contribution in [2.75, 3.05) is 0 Å². The molecule has 0 spiro atoms. The molecule has 0 radical (unpaired) electrons. The summed E-state index contributed by atoms with van der Waals surface area (Å²) < 4.78 is 13.6. The molecule has 7 rings (SSSR count). The Hall–Kier alpha value is -4.96. The van der Waals surface area contributed by atoms with E-state index in [2.05, 4.69) is 62.4 Å². The molecule has 0 aliphatic rings. The number of fused-ring (bicyclic) bond motifs is 2. The van der Waals surface area contributed by atoms with E-state index in [0.29, 0.717) is 11.8 Å². The van der Waals surface area contributed by atoms with Crippen LogP contribution in [0.5, 0.6) is 0 Å². The van der Waals surface area contributed by atoms with Crippen molar-refractivity contribution >= 4 is 22.2 Å². The van der Waals surface area contributed by atoms with Crippen LogP contribution in [0.2, 0.25) is 0 Å². The standard InChI is InChI=1S/C48H52N2O2/c1-3-5-7-9-11-15-21-35-27-31-37(32-28-35)41-43-46(52-47(49-43)39-23-17-13-18-24-39)42(44-45(41)51-48(50-44)40-25-19-14-20-26-40)38-33-29-36(30-34-38)22-16-12-10-8-6-4-2/h13-14,17-20,23-34H,3-12,15-16,21-22H2,1-2H3. The number of aryl methyl sites for hydroxylation is 2. The van der Waals surface area contributed by atoms with Gasteiger partial charge in [0, 0.05) is 11.1 Å². The molecular weight excluding hydrogens is 637 g/mol. The molecule has 5 aromatic carbocycles. The van der Waals surface area contributed by atoms with Gasteiger partial charge in [-0.2, -0.15) is 0 Å². The summed E-state index contributed by atoms with van der Waals surface area (Å²) in [6.45, 7) is 4.54. The van der Waals surface area contributed by atoms with Crippen molar-refractivity contribution in [2.24, 2.45) is 0 Å². The maximum atomic E-state index is 6.79. The highest BCUT2D eigenvalue weighted by Gasteiger charge is 2.27. The van der Waals surface area contributed by atoms with E-state index >= 15 is 0 Å². The molecule has 266 valence electrons. The lowest BCUT2D eigenvalue weighted by atomic mass is 9.94. The predicted molar refractivity (Wildman–Crippen MR) is 217 cm³/mol. The van der Waals surface area contributed by atoms with Gasteiger partial charge >= 0.3 is 0 Å². The van der Waals surface area contributed by atoms with Crippen LogP contribution in [0.25, 0.3) is 67.4 Å². The first kappa shape index (κ1) is 35.4. The van der Waals surface area contributed by atoms with Crippen LogP contribution >= 0.6 is 0 Å². The lowest BCUT2D eigenvalue weighted by Gasteiger charge is -2.10. The fourth-order valence-electron chi connectivity index (χ4n) is 7.37. The molecule has 0 aliphatic carbocycles. The highest BCUT2D eigenvalue weighted by molar-refractivity contribution is 6.16. The summed E-state index contributed by atoms with van der Waals surface area (Å²) >= 11 is 0. The lowest BCUT2D eigenvalue weighted by Crippen LogP contribution is -1.91. The van der Waals surface area contributed by atoms with Gasteiger partial charge in [-0.15, -0.1) is 0 Å². The van der Waals surface area contributed by atoms with Crippen LogP contribution in [0.1, 0.15) is 102 Å². The number of benzene rings is 5. The molecule has 52 heavy (non-hydrogen) atoms. The third kappa shape index (κ3) is 8.23. The first-order chi connectivity index (χ1) is 25.7. The quantitative estimate of drug-likeness (QED) is 0.0842. The molecule has 0 unspecified atom stereocenters. The van der Waals surface area contributed by atoms with Crippen molar-refractivity contribution in [3.05, 3.63) is 120 Å². The van der Waals surface area contributed by atoms with Gasteiger partial charge in [-0.1, -0.05) is 163 Å². The highest BCUT2D eigenvalue weighted by atomic mass is 16.4. The van der Waals surface area contributed by atoms with Gasteiger partial charge in [0.25, 0.3) is 0 Å². The fourth-order valence-corrected chi connectivity index (χ4v) is 7.37. The van der Waals surface area contributed by atoms with E-state index in [-0.39, 0.29) is 0 Å². The van der Waals surface area contributed by atoms with E-state index in [4.69, 9.17) is 18.8 Å². The first-order valence-electron chi connectivity index (χ1n) is 19.8. The second-order valence-electron chi connectivity index (χ2n) is 14.3. The Balaban J connectivity index is 1.31. The normalized spacial score (nSPS) is 11.6. The Kier molecular flexibility index (Phi) is 11.9. The molecule has 0 bridgehead atoms. The van der Waals surface area contributed by atoms with Crippen LogP contribution in [0.3, 0.4) is 0 Å². The molecule has 0 saturated heterocycles. The van der Waals surface area contributed by atoms with Crippen LogP contribution in [0.15, 0.2) is 118 Å². The second kappa shape index (κ2) is 17.5. The van der Waals surface area contributed by atoms with Crippen molar-refractivity contribution in [1.29, 1.82) is 0 Å². The largest absolute Gasteiger partial charge is 0.435 e. The number of hydrogen-bond acceptors (Lipinski definition) is 4. The zero-order valence-corrected chi connectivity index (χ0v) is 31.0. The topological polar surface area (TPSA) is 52.1 Å². The van der Waals surface area contributed by atoms with E-state index < -0.39 is 0 Å². The van der Waals surface area contributed by atoms with E-state index in [1.807, 2.05) is 60.7 Å². The van der Waals surface area contributed by atoms with E-state index in [1.165, 1.54) is 88.2 Å². The number of rotatable bonds is 18. The fraction of sp³-hybridized carbons (Fsp3) is 0.333. The number of aromatic nitrogens is 2. The number of nitrogens with zero attached hydrogens (tertiary/aromatic N) is 2. The summed E-state index contributed by atoms with van der Waals surface area (Å²) in [4.78, 5) is 10.4. The number of oxazole rings is 2. The van der Waals surface area contributed by atoms with Crippen molar-refractivity contribution in [3.8, 4) is 45.2 Å². The number of unbranched alkanes of at least 4 members (excludes halogenated alkanes) is 10. The van der Waals surface area contributed by atoms with Crippen molar-refractivity contribution < 1.29 is 8.83 Å². The summed E-state index contributed by atoms with van der Waals surface area (Å²) in [6.07, 6.45) is 17.7. The molecule has 7 aromatic rings. The molecule has 2 aromatic heterocycles. The van der Waals surface area contributed by atoms with Gasteiger partial charge in [0.1, 0.15) is 11.0 Å². The average Bonchev–Trinajstić information content (AvgIpc) is 3.84. The molecular formula is C48H52N2O2. The summed E-state index contributed by atoms with van der Waals surface area (Å²) in [5.74, 6) is 1.18. The van der Waals surface area contributed by atoms with Crippen molar-refractivity contribution in [3.63, 3.8) is 0 Å². The predicted octanol–water partition coefficient (Wildman–Crippen LogP) is 14.4. The summed E-state index contributed by atoms with van der Waals surface area (Å²) in [6, 6.07) is 38.3. The second-order valence-corrected chi connectivity index (χ2v) is 14.3. The van der Waals surface area contributed by atoms with Gasteiger partial charge in [0.05, 0.1) is 11.1 Å². The Morgan fingerprint density at radius 2 is 0.750 bits per heavy atom. The number of hydrogen-bond donors (Lipinski definition) is 0. The van der Waals surface area contributed by atoms with Gasteiger partial charge in [-0.05, 0) is 72.2 Å². The van der Waals surface area contributed by atoms with Gasteiger partial charge < -0.3 is 8.83 Å². The van der Waals surface area contributed by atoms with Gasteiger partial charge in [0.15, 0.2) is 11.2 Å². The third-order valence-corrected chi connectivity index (χ3v) is 10.3. The van der Waals surface area contributed by atoms with E-state index in [0.717, 1.165) is 68.4 Å².